The summed E-state index contributed by atoms with van der Waals surface area (Å²) in [6, 6.07) is 0.441. The minimum absolute atomic E-state index is 0.441. The largest absolute Gasteiger partial charge is 0.310 e. The summed E-state index contributed by atoms with van der Waals surface area (Å²) in [5.41, 5.74) is 1.24. The van der Waals surface area contributed by atoms with Crippen molar-refractivity contribution in [2.75, 3.05) is 18.1 Å². The average Bonchev–Trinajstić information content (AvgIpc) is 2.85. The highest BCUT2D eigenvalue weighted by atomic mass is 32.2. The molecule has 1 saturated heterocycles. The van der Waals surface area contributed by atoms with Gasteiger partial charge in [0.05, 0.1) is 0 Å². The van der Waals surface area contributed by atoms with Gasteiger partial charge in [0.25, 0.3) is 0 Å². The van der Waals surface area contributed by atoms with Gasteiger partial charge < -0.3 is 5.32 Å². The van der Waals surface area contributed by atoms with Crippen LogP contribution >= 0.6 is 11.8 Å². The molecule has 0 aliphatic carbocycles. The van der Waals surface area contributed by atoms with Gasteiger partial charge in [-0.15, -0.1) is 0 Å². The van der Waals surface area contributed by atoms with Crippen LogP contribution in [0.4, 0.5) is 0 Å². The van der Waals surface area contributed by atoms with Crippen molar-refractivity contribution in [2.45, 2.75) is 25.8 Å². The van der Waals surface area contributed by atoms with Crippen molar-refractivity contribution >= 4 is 11.8 Å². The van der Waals surface area contributed by atoms with Crippen molar-refractivity contribution in [3.63, 3.8) is 0 Å². The molecule has 1 N–H and O–H groups in total. The van der Waals surface area contributed by atoms with E-state index in [9.17, 15) is 0 Å². The highest BCUT2D eigenvalue weighted by Gasteiger charge is 2.26. The van der Waals surface area contributed by atoms with Gasteiger partial charge in [0.1, 0.15) is 6.33 Å². The lowest BCUT2D eigenvalue weighted by atomic mass is 9.94. The fourth-order valence-corrected chi connectivity index (χ4v) is 3.44. The highest BCUT2D eigenvalue weighted by molar-refractivity contribution is 7.99. The number of hydrogen-bond acceptors (Lipinski definition) is 4. The van der Waals surface area contributed by atoms with Crippen LogP contribution in [0.15, 0.2) is 18.7 Å². The van der Waals surface area contributed by atoms with Crippen LogP contribution in [0.2, 0.25) is 0 Å². The first kappa shape index (κ1) is 11.9. The third-order valence-electron chi connectivity index (χ3n) is 2.99. The first-order valence-corrected chi connectivity index (χ1v) is 7.13. The summed E-state index contributed by atoms with van der Waals surface area (Å²) in [5, 5.41) is 3.63. The first-order valence-electron chi connectivity index (χ1n) is 5.98. The molecular weight excluding hydrogens is 218 g/mol. The molecule has 0 amide bonds. The van der Waals surface area contributed by atoms with Gasteiger partial charge in [-0.1, -0.05) is 6.92 Å². The van der Waals surface area contributed by atoms with Gasteiger partial charge in [0.2, 0.25) is 0 Å². The van der Waals surface area contributed by atoms with E-state index in [1.54, 1.807) is 6.33 Å². The van der Waals surface area contributed by atoms with E-state index in [1.807, 2.05) is 12.4 Å². The second-order valence-corrected chi connectivity index (χ2v) is 5.38. The van der Waals surface area contributed by atoms with Crippen LogP contribution in [0.25, 0.3) is 0 Å². The lowest BCUT2D eigenvalue weighted by Gasteiger charge is -2.24. The molecule has 16 heavy (non-hydrogen) atoms. The number of thioether (sulfide) groups is 1. The Hall–Kier alpha value is -0.610. The summed E-state index contributed by atoms with van der Waals surface area (Å²) in [5.74, 6) is 3.29. The van der Waals surface area contributed by atoms with Gasteiger partial charge in [-0.2, -0.15) is 11.8 Å². The molecule has 1 aromatic rings. The zero-order chi connectivity index (χ0) is 11.2. The standard InChI is InChI=1S/C12H19N3S/c1-2-4-15-12(10-3-5-16-8-10)11-6-13-9-14-7-11/h6-7,9-10,12,15H,2-5,8H2,1H3. The molecule has 3 nitrogen and oxygen atoms in total. The van der Waals surface area contributed by atoms with Crippen LogP contribution in [-0.2, 0) is 0 Å². The Morgan fingerprint density at radius 3 is 2.94 bits per heavy atom. The Morgan fingerprint density at radius 2 is 2.31 bits per heavy atom. The summed E-state index contributed by atoms with van der Waals surface area (Å²) in [7, 11) is 0. The monoisotopic (exact) mass is 237 g/mol. The summed E-state index contributed by atoms with van der Waals surface area (Å²) in [6.07, 6.45) is 7.97. The van der Waals surface area contributed by atoms with Crippen molar-refractivity contribution in [1.82, 2.24) is 15.3 Å². The SMILES string of the molecule is CCCNC(c1cncnc1)C1CCSC1. The van der Waals surface area contributed by atoms with Crippen molar-refractivity contribution in [2.24, 2.45) is 5.92 Å². The van der Waals surface area contributed by atoms with Gasteiger partial charge in [-0.05, 0) is 36.8 Å². The molecular formula is C12H19N3S. The van der Waals surface area contributed by atoms with Crippen LogP contribution in [-0.4, -0.2) is 28.0 Å². The predicted molar refractivity (Wildman–Crippen MR) is 68.5 cm³/mol. The predicted octanol–water partition coefficient (Wildman–Crippen LogP) is 2.27. The van der Waals surface area contributed by atoms with E-state index in [1.165, 1.54) is 29.9 Å². The molecule has 2 rings (SSSR count). The molecule has 1 fully saturated rings. The molecule has 0 aromatic carbocycles. The van der Waals surface area contributed by atoms with Crippen LogP contribution in [0.3, 0.4) is 0 Å². The maximum absolute atomic E-state index is 4.13. The minimum atomic E-state index is 0.441. The van der Waals surface area contributed by atoms with E-state index in [4.69, 9.17) is 0 Å². The maximum Gasteiger partial charge on any atom is 0.115 e. The molecule has 2 unspecified atom stereocenters. The molecule has 0 bridgehead atoms. The minimum Gasteiger partial charge on any atom is -0.310 e. The molecule has 0 radical (unpaired) electrons. The second kappa shape index (κ2) is 6.21. The third kappa shape index (κ3) is 2.95. The summed E-state index contributed by atoms with van der Waals surface area (Å²) in [4.78, 5) is 8.25. The fraction of sp³-hybridized carbons (Fsp3) is 0.667. The van der Waals surface area contributed by atoms with Crippen LogP contribution in [0.1, 0.15) is 31.4 Å². The smallest absolute Gasteiger partial charge is 0.115 e. The first-order chi connectivity index (χ1) is 7.92. The van der Waals surface area contributed by atoms with Gasteiger partial charge in [-0.3, -0.25) is 0 Å². The van der Waals surface area contributed by atoms with Crippen molar-refractivity contribution in [1.29, 1.82) is 0 Å². The molecule has 2 heterocycles. The van der Waals surface area contributed by atoms with Crippen molar-refractivity contribution in [3.8, 4) is 0 Å². The highest BCUT2D eigenvalue weighted by Crippen LogP contribution is 2.33. The topological polar surface area (TPSA) is 37.8 Å². The van der Waals surface area contributed by atoms with Gasteiger partial charge in [0, 0.05) is 24.0 Å². The van der Waals surface area contributed by atoms with Gasteiger partial charge in [0.15, 0.2) is 0 Å². The number of aromatic nitrogens is 2. The molecule has 0 saturated carbocycles. The summed E-state index contributed by atoms with van der Waals surface area (Å²) >= 11 is 2.06. The van der Waals surface area contributed by atoms with Gasteiger partial charge in [-0.25, -0.2) is 9.97 Å². The van der Waals surface area contributed by atoms with Crippen LogP contribution < -0.4 is 5.32 Å². The van der Waals surface area contributed by atoms with Crippen LogP contribution in [0, 0.1) is 5.92 Å². The number of nitrogens with one attached hydrogen (secondary N) is 1. The van der Waals surface area contributed by atoms with E-state index in [0.29, 0.717) is 6.04 Å². The molecule has 0 spiro atoms. The second-order valence-electron chi connectivity index (χ2n) is 4.23. The molecule has 1 aliphatic rings. The Bertz CT molecular complexity index is 298. The van der Waals surface area contributed by atoms with E-state index in [0.717, 1.165) is 12.5 Å². The van der Waals surface area contributed by atoms with E-state index < -0.39 is 0 Å². The number of hydrogen-bond donors (Lipinski definition) is 1. The molecule has 88 valence electrons. The Labute approximate surface area is 101 Å². The van der Waals surface area contributed by atoms with E-state index in [2.05, 4.69) is 34.0 Å². The normalized spacial score (nSPS) is 22.2. The Kier molecular flexibility index (Phi) is 4.60. The Morgan fingerprint density at radius 1 is 1.50 bits per heavy atom. The quantitative estimate of drug-likeness (QED) is 0.852. The van der Waals surface area contributed by atoms with E-state index >= 15 is 0 Å². The molecule has 1 aromatic heterocycles. The molecule has 1 aliphatic heterocycles. The zero-order valence-corrected chi connectivity index (χ0v) is 10.5. The van der Waals surface area contributed by atoms with E-state index in [-0.39, 0.29) is 0 Å². The lowest BCUT2D eigenvalue weighted by Crippen LogP contribution is -2.29. The Balaban J connectivity index is 2.07. The molecule has 2 atom stereocenters. The average molecular weight is 237 g/mol. The molecule has 4 heteroatoms. The van der Waals surface area contributed by atoms with Gasteiger partial charge >= 0.3 is 0 Å². The number of rotatable bonds is 5. The van der Waals surface area contributed by atoms with Crippen molar-refractivity contribution < 1.29 is 0 Å². The van der Waals surface area contributed by atoms with Crippen molar-refractivity contribution in [3.05, 3.63) is 24.3 Å². The van der Waals surface area contributed by atoms with Crippen LogP contribution in [0.5, 0.6) is 0 Å². The maximum atomic E-state index is 4.13. The summed E-state index contributed by atoms with van der Waals surface area (Å²) < 4.78 is 0. The number of nitrogens with zero attached hydrogens (tertiary/aromatic N) is 2. The zero-order valence-electron chi connectivity index (χ0n) is 9.72. The fourth-order valence-electron chi connectivity index (χ4n) is 2.14. The summed E-state index contributed by atoms with van der Waals surface area (Å²) in [6.45, 7) is 3.27. The lowest BCUT2D eigenvalue weighted by molar-refractivity contribution is 0.392. The third-order valence-corrected chi connectivity index (χ3v) is 4.18.